The SMILES string of the molecule is COc1ccc(CN2CN(C)C(=O)c3c(N[C@@H](C)c4cc5ccccc5nc4-c4ccccc4)ncnc32)cc1. The molecule has 0 saturated heterocycles. The van der Waals surface area contributed by atoms with Crippen LogP contribution in [0.2, 0.25) is 0 Å². The summed E-state index contributed by atoms with van der Waals surface area (Å²) in [7, 11) is 3.45. The van der Waals surface area contributed by atoms with E-state index in [-0.39, 0.29) is 11.9 Å². The molecule has 0 spiro atoms. The third kappa shape index (κ3) is 4.80. The molecule has 0 aliphatic carbocycles. The number of hydrogen-bond donors (Lipinski definition) is 1. The number of nitrogens with zero attached hydrogens (tertiary/aromatic N) is 5. The molecular formula is C32H30N6O2. The van der Waals surface area contributed by atoms with Gasteiger partial charge in [-0.05, 0) is 36.8 Å². The first kappa shape index (κ1) is 25.3. The zero-order chi connectivity index (χ0) is 27.6. The first-order chi connectivity index (χ1) is 19.5. The van der Waals surface area contributed by atoms with E-state index in [9.17, 15) is 4.79 Å². The Hall–Kier alpha value is -4.98. The average molecular weight is 531 g/mol. The Balaban J connectivity index is 1.37. The molecule has 3 aromatic carbocycles. The van der Waals surface area contributed by atoms with Gasteiger partial charge in [-0.2, -0.15) is 0 Å². The van der Waals surface area contributed by atoms with Crippen LogP contribution < -0.4 is 15.0 Å². The van der Waals surface area contributed by atoms with Crippen molar-refractivity contribution >= 4 is 28.4 Å². The van der Waals surface area contributed by atoms with Crippen molar-refractivity contribution in [2.45, 2.75) is 19.5 Å². The quantitative estimate of drug-likeness (QED) is 0.280. The number of ether oxygens (including phenoxy) is 1. The molecule has 40 heavy (non-hydrogen) atoms. The van der Waals surface area contributed by atoms with Crippen LogP contribution >= 0.6 is 0 Å². The van der Waals surface area contributed by atoms with E-state index in [0.29, 0.717) is 30.4 Å². The zero-order valence-electron chi connectivity index (χ0n) is 22.7. The second-order valence-corrected chi connectivity index (χ2v) is 9.96. The van der Waals surface area contributed by atoms with E-state index in [2.05, 4.69) is 51.4 Å². The molecule has 1 aliphatic heterocycles. The van der Waals surface area contributed by atoms with Gasteiger partial charge in [-0.3, -0.25) is 4.79 Å². The number of amides is 1. The third-order valence-electron chi connectivity index (χ3n) is 7.22. The van der Waals surface area contributed by atoms with E-state index in [4.69, 9.17) is 9.72 Å². The van der Waals surface area contributed by atoms with Gasteiger partial charge in [0.2, 0.25) is 0 Å². The van der Waals surface area contributed by atoms with Gasteiger partial charge in [-0.25, -0.2) is 15.0 Å². The van der Waals surface area contributed by atoms with Gasteiger partial charge in [0, 0.05) is 30.1 Å². The maximum absolute atomic E-state index is 13.5. The molecule has 8 heteroatoms. The highest BCUT2D eigenvalue weighted by molar-refractivity contribution is 6.04. The van der Waals surface area contributed by atoms with Crippen molar-refractivity contribution in [1.82, 2.24) is 19.9 Å². The number of pyridine rings is 1. The maximum atomic E-state index is 13.5. The van der Waals surface area contributed by atoms with Gasteiger partial charge in [0.05, 0.1) is 31.0 Å². The van der Waals surface area contributed by atoms with Gasteiger partial charge in [-0.1, -0.05) is 60.7 Å². The van der Waals surface area contributed by atoms with Crippen LogP contribution in [0.25, 0.3) is 22.2 Å². The summed E-state index contributed by atoms with van der Waals surface area (Å²) < 4.78 is 5.30. The summed E-state index contributed by atoms with van der Waals surface area (Å²) in [6.07, 6.45) is 1.52. The number of nitrogens with one attached hydrogen (secondary N) is 1. The second-order valence-electron chi connectivity index (χ2n) is 9.96. The Bertz CT molecular complexity index is 1670. The topological polar surface area (TPSA) is 83.5 Å². The first-order valence-electron chi connectivity index (χ1n) is 13.2. The number of rotatable bonds is 7. The molecule has 1 N–H and O–H groups in total. The Morgan fingerprint density at radius 3 is 2.50 bits per heavy atom. The predicted molar refractivity (Wildman–Crippen MR) is 157 cm³/mol. The molecule has 1 aliphatic rings. The Morgan fingerprint density at radius 2 is 1.73 bits per heavy atom. The van der Waals surface area contributed by atoms with Gasteiger partial charge in [0.25, 0.3) is 5.91 Å². The fourth-order valence-corrected chi connectivity index (χ4v) is 5.15. The van der Waals surface area contributed by atoms with E-state index in [1.807, 2.05) is 60.7 Å². The number of methoxy groups -OCH3 is 1. The molecule has 0 saturated carbocycles. The van der Waals surface area contributed by atoms with Crippen molar-refractivity contribution < 1.29 is 9.53 Å². The molecule has 200 valence electrons. The summed E-state index contributed by atoms with van der Waals surface area (Å²) in [5.41, 5.74) is 5.43. The number of fused-ring (bicyclic) bond motifs is 2. The summed E-state index contributed by atoms with van der Waals surface area (Å²) in [5.74, 6) is 1.80. The van der Waals surface area contributed by atoms with Crippen molar-refractivity contribution in [3.63, 3.8) is 0 Å². The minimum Gasteiger partial charge on any atom is -0.497 e. The number of carbonyl (C=O) groups is 1. The minimum absolute atomic E-state index is 0.115. The molecule has 6 rings (SSSR count). The fraction of sp³-hybridized carbons (Fsp3) is 0.188. The number of hydrogen-bond acceptors (Lipinski definition) is 7. The molecule has 0 fully saturated rings. The van der Waals surface area contributed by atoms with Crippen molar-refractivity contribution in [3.05, 3.63) is 108 Å². The van der Waals surface area contributed by atoms with Crippen molar-refractivity contribution in [2.24, 2.45) is 0 Å². The molecular weight excluding hydrogens is 500 g/mol. The van der Waals surface area contributed by atoms with E-state index in [0.717, 1.165) is 39.0 Å². The van der Waals surface area contributed by atoms with Crippen molar-refractivity contribution in [3.8, 4) is 17.0 Å². The number of para-hydroxylation sites is 1. The van der Waals surface area contributed by atoms with Crippen molar-refractivity contribution in [1.29, 1.82) is 0 Å². The van der Waals surface area contributed by atoms with Gasteiger partial charge in [0.1, 0.15) is 29.3 Å². The predicted octanol–water partition coefficient (Wildman–Crippen LogP) is 5.92. The van der Waals surface area contributed by atoms with Crippen molar-refractivity contribution in [2.75, 3.05) is 31.0 Å². The van der Waals surface area contributed by atoms with Gasteiger partial charge in [-0.15, -0.1) is 0 Å². The molecule has 5 aromatic rings. The second kappa shape index (κ2) is 10.6. The van der Waals surface area contributed by atoms with Crippen LogP contribution in [0, 0.1) is 0 Å². The average Bonchev–Trinajstić information content (AvgIpc) is 3.00. The minimum atomic E-state index is -0.193. The Labute approximate surface area is 233 Å². The summed E-state index contributed by atoms with van der Waals surface area (Å²) >= 11 is 0. The Kier molecular flexibility index (Phi) is 6.74. The highest BCUT2D eigenvalue weighted by atomic mass is 16.5. The zero-order valence-corrected chi connectivity index (χ0v) is 22.7. The highest BCUT2D eigenvalue weighted by Gasteiger charge is 2.32. The van der Waals surface area contributed by atoms with Crippen LogP contribution in [0.3, 0.4) is 0 Å². The van der Waals surface area contributed by atoms with Gasteiger partial charge in [0.15, 0.2) is 0 Å². The summed E-state index contributed by atoms with van der Waals surface area (Å²) in [6.45, 7) is 3.09. The first-order valence-corrected chi connectivity index (χ1v) is 13.2. The molecule has 1 atom stereocenters. The van der Waals surface area contributed by atoms with Gasteiger partial charge >= 0.3 is 0 Å². The molecule has 0 unspecified atom stereocenters. The standard InChI is InChI=1S/C32H30N6O2/c1-21(26-17-24-11-7-8-12-27(24)36-29(26)23-9-5-4-6-10-23)35-30-28-31(34-19-33-30)38(20-37(2)32(28)39)18-22-13-15-25(40-3)16-14-22/h4-17,19,21H,18,20H2,1-3H3,(H,33,34,35)/t21-/m0/s1. The van der Waals surface area contributed by atoms with Crippen LogP contribution in [0.15, 0.2) is 91.3 Å². The molecule has 8 nitrogen and oxygen atoms in total. The van der Waals surface area contributed by atoms with Crippen LogP contribution in [0.4, 0.5) is 11.6 Å². The molecule has 1 amide bonds. The normalized spacial score (nSPS) is 13.7. The molecule has 0 radical (unpaired) electrons. The van der Waals surface area contributed by atoms with E-state index in [1.165, 1.54) is 6.33 Å². The molecule has 0 bridgehead atoms. The largest absolute Gasteiger partial charge is 0.497 e. The number of carbonyl (C=O) groups excluding carboxylic acids is 1. The highest BCUT2D eigenvalue weighted by Crippen LogP contribution is 2.35. The monoisotopic (exact) mass is 530 g/mol. The lowest BCUT2D eigenvalue weighted by Crippen LogP contribution is -2.45. The van der Waals surface area contributed by atoms with E-state index < -0.39 is 0 Å². The van der Waals surface area contributed by atoms with Crippen LogP contribution in [0.1, 0.15) is 34.5 Å². The summed E-state index contributed by atoms with van der Waals surface area (Å²) in [5, 5.41) is 4.58. The summed E-state index contributed by atoms with van der Waals surface area (Å²) in [6, 6.07) is 28.2. The molecule has 3 heterocycles. The van der Waals surface area contributed by atoms with E-state index in [1.54, 1.807) is 19.1 Å². The third-order valence-corrected chi connectivity index (χ3v) is 7.22. The summed E-state index contributed by atoms with van der Waals surface area (Å²) in [4.78, 5) is 31.3. The fourth-order valence-electron chi connectivity index (χ4n) is 5.15. The Morgan fingerprint density at radius 1 is 0.975 bits per heavy atom. The lowest BCUT2D eigenvalue weighted by molar-refractivity contribution is 0.0781. The van der Waals surface area contributed by atoms with Crippen LogP contribution in [-0.4, -0.2) is 46.6 Å². The lowest BCUT2D eigenvalue weighted by Gasteiger charge is -2.36. The van der Waals surface area contributed by atoms with Crippen LogP contribution in [0.5, 0.6) is 5.75 Å². The number of benzene rings is 3. The smallest absolute Gasteiger partial charge is 0.262 e. The van der Waals surface area contributed by atoms with Gasteiger partial charge < -0.3 is 19.9 Å². The van der Waals surface area contributed by atoms with Crippen LogP contribution in [-0.2, 0) is 6.54 Å². The maximum Gasteiger partial charge on any atom is 0.262 e. The number of aromatic nitrogens is 3. The van der Waals surface area contributed by atoms with E-state index >= 15 is 0 Å². The number of anilines is 2. The molecule has 2 aromatic heterocycles. The lowest BCUT2D eigenvalue weighted by atomic mass is 9.98.